The van der Waals surface area contributed by atoms with Gasteiger partial charge in [-0.2, -0.15) is 0 Å². The molecule has 0 bridgehead atoms. The van der Waals surface area contributed by atoms with Gasteiger partial charge in [-0.05, 0) is 30.5 Å². The van der Waals surface area contributed by atoms with E-state index in [2.05, 4.69) is 14.8 Å². The number of hydrogen-bond acceptors (Lipinski definition) is 6. The van der Waals surface area contributed by atoms with Crippen LogP contribution in [0, 0.1) is 0 Å². The Labute approximate surface area is 116 Å². The highest BCUT2D eigenvalue weighted by atomic mass is 32.2. The van der Waals surface area contributed by atoms with E-state index in [0.717, 1.165) is 11.0 Å². The van der Waals surface area contributed by atoms with Crippen LogP contribution in [0.1, 0.15) is 0 Å². The maximum Gasteiger partial charge on any atom is 0.354 e. The van der Waals surface area contributed by atoms with Gasteiger partial charge in [0.15, 0.2) is 0 Å². The lowest BCUT2D eigenvalue weighted by molar-refractivity contribution is -0.138. The molecule has 1 rings (SSSR count). The molecule has 1 aromatic carbocycles. The number of methoxy groups -OCH3 is 2. The van der Waals surface area contributed by atoms with Crippen LogP contribution in [0.25, 0.3) is 0 Å². The summed E-state index contributed by atoms with van der Waals surface area (Å²) < 4.78 is 9.08. The smallest absolute Gasteiger partial charge is 0.354 e. The van der Waals surface area contributed by atoms with Gasteiger partial charge in [0.25, 0.3) is 0 Å². The molecule has 0 aromatic heterocycles. The number of carbonyl (C=O) groups is 2. The first-order chi connectivity index (χ1) is 9.10. The van der Waals surface area contributed by atoms with Crippen molar-refractivity contribution in [2.45, 2.75) is 4.90 Å². The number of carbonyl (C=O) groups excluding carboxylic acids is 2. The van der Waals surface area contributed by atoms with Crippen LogP contribution in [0.3, 0.4) is 0 Å². The molecule has 0 radical (unpaired) electrons. The molecule has 0 saturated carbocycles. The molecule has 0 unspecified atom stereocenters. The fourth-order valence-corrected chi connectivity index (χ4v) is 1.67. The van der Waals surface area contributed by atoms with Gasteiger partial charge in [0.05, 0.1) is 20.3 Å². The zero-order valence-corrected chi connectivity index (χ0v) is 11.7. The summed E-state index contributed by atoms with van der Waals surface area (Å²) in [5.74, 6) is -1.27. The number of ether oxygens (including phenoxy) is 2. The summed E-state index contributed by atoms with van der Waals surface area (Å²) >= 11 is 1.61. The molecule has 0 atom stereocenters. The zero-order valence-electron chi connectivity index (χ0n) is 10.9. The van der Waals surface area contributed by atoms with Crippen LogP contribution in [-0.4, -0.2) is 32.4 Å². The molecule has 1 N–H and O–H groups in total. The molecule has 0 amide bonds. The molecule has 1 aromatic rings. The third-order valence-corrected chi connectivity index (χ3v) is 2.98. The zero-order chi connectivity index (χ0) is 14.3. The number of anilines is 1. The minimum Gasteiger partial charge on any atom is -0.466 e. The van der Waals surface area contributed by atoms with Gasteiger partial charge in [-0.3, -0.25) is 0 Å². The Kier molecular flexibility index (Phi) is 5.95. The van der Waals surface area contributed by atoms with E-state index in [1.165, 1.54) is 14.2 Å². The quantitative estimate of drug-likeness (QED) is 0.506. The summed E-state index contributed by atoms with van der Waals surface area (Å²) in [7, 11) is 2.48. The number of thioether (sulfide) groups is 1. The first kappa shape index (κ1) is 15.1. The van der Waals surface area contributed by atoms with Gasteiger partial charge in [-0.15, -0.1) is 11.8 Å². The fraction of sp³-hybridized carbons (Fsp3) is 0.231. The average molecular weight is 281 g/mol. The molecule has 102 valence electrons. The summed E-state index contributed by atoms with van der Waals surface area (Å²) in [6.45, 7) is 0. The second-order valence-corrected chi connectivity index (χ2v) is 4.31. The molecular formula is C13H15NO4S. The Hall–Kier alpha value is -1.95. The monoisotopic (exact) mass is 281 g/mol. The standard InChI is InChI=1S/C13H15NO4S/c1-17-12(15)8-11(13(16)18-2)14-9-4-6-10(19-3)7-5-9/h4-8,14H,1-3H3/b11-8+. The highest BCUT2D eigenvalue weighted by molar-refractivity contribution is 7.98. The molecule has 0 fully saturated rings. The van der Waals surface area contributed by atoms with Gasteiger partial charge >= 0.3 is 11.9 Å². The Bertz CT molecular complexity index is 482. The van der Waals surface area contributed by atoms with Crippen molar-refractivity contribution < 1.29 is 19.1 Å². The van der Waals surface area contributed by atoms with Crippen molar-refractivity contribution in [3.05, 3.63) is 36.0 Å². The van der Waals surface area contributed by atoms with E-state index in [9.17, 15) is 9.59 Å². The van der Waals surface area contributed by atoms with Crippen molar-refractivity contribution in [3.63, 3.8) is 0 Å². The molecule has 0 aliphatic heterocycles. The lowest BCUT2D eigenvalue weighted by Crippen LogP contribution is -2.15. The average Bonchev–Trinajstić information content (AvgIpc) is 2.46. The van der Waals surface area contributed by atoms with Crippen LogP contribution in [-0.2, 0) is 19.1 Å². The van der Waals surface area contributed by atoms with E-state index in [1.807, 2.05) is 18.4 Å². The van der Waals surface area contributed by atoms with Crippen LogP contribution in [0.15, 0.2) is 40.9 Å². The summed E-state index contributed by atoms with van der Waals surface area (Å²) in [5.41, 5.74) is 0.699. The second kappa shape index (κ2) is 7.48. The van der Waals surface area contributed by atoms with Gasteiger partial charge < -0.3 is 14.8 Å². The van der Waals surface area contributed by atoms with Gasteiger partial charge in [-0.25, -0.2) is 9.59 Å². The molecule has 19 heavy (non-hydrogen) atoms. The summed E-state index contributed by atoms with van der Waals surface area (Å²) in [4.78, 5) is 23.8. The largest absolute Gasteiger partial charge is 0.466 e. The fourth-order valence-electron chi connectivity index (χ4n) is 1.26. The van der Waals surface area contributed by atoms with Gasteiger partial charge in [0, 0.05) is 10.6 Å². The van der Waals surface area contributed by atoms with Crippen molar-refractivity contribution in [1.82, 2.24) is 0 Å². The van der Waals surface area contributed by atoms with Crippen molar-refractivity contribution in [2.75, 3.05) is 25.8 Å². The van der Waals surface area contributed by atoms with E-state index < -0.39 is 11.9 Å². The summed E-state index contributed by atoms with van der Waals surface area (Å²) in [6.07, 6.45) is 3.02. The number of rotatable bonds is 5. The molecule has 0 heterocycles. The molecular weight excluding hydrogens is 266 g/mol. The Balaban J connectivity index is 2.90. The van der Waals surface area contributed by atoms with Gasteiger partial charge in [0.2, 0.25) is 0 Å². The van der Waals surface area contributed by atoms with E-state index in [0.29, 0.717) is 5.69 Å². The molecule has 5 nitrogen and oxygen atoms in total. The number of benzene rings is 1. The SMILES string of the molecule is COC(=O)/C=C(/Nc1ccc(SC)cc1)C(=O)OC. The first-order valence-corrected chi connectivity index (χ1v) is 6.62. The Morgan fingerprint density at radius 3 is 2.26 bits per heavy atom. The molecule has 0 spiro atoms. The van der Waals surface area contributed by atoms with Crippen LogP contribution < -0.4 is 5.32 Å². The van der Waals surface area contributed by atoms with Crippen molar-refractivity contribution in [2.24, 2.45) is 0 Å². The third kappa shape index (κ3) is 4.67. The topological polar surface area (TPSA) is 64.6 Å². The normalized spacial score (nSPS) is 10.8. The maximum absolute atomic E-state index is 11.5. The third-order valence-electron chi connectivity index (χ3n) is 2.24. The number of hydrogen-bond donors (Lipinski definition) is 1. The number of esters is 2. The minimum absolute atomic E-state index is 0.0197. The minimum atomic E-state index is -0.639. The van der Waals surface area contributed by atoms with E-state index >= 15 is 0 Å². The highest BCUT2D eigenvalue weighted by Gasteiger charge is 2.12. The van der Waals surface area contributed by atoms with Crippen molar-refractivity contribution >= 4 is 29.4 Å². The van der Waals surface area contributed by atoms with Crippen LogP contribution in [0.5, 0.6) is 0 Å². The van der Waals surface area contributed by atoms with Crippen LogP contribution in [0.2, 0.25) is 0 Å². The van der Waals surface area contributed by atoms with Crippen molar-refractivity contribution in [3.8, 4) is 0 Å². The van der Waals surface area contributed by atoms with Crippen LogP contribution >= 0.6 is 11.8 Å². The van der Waals surface area contributed by atoms with Crippen molar-refractivity contribution in [1.29, 1.82) is 0 Å². The van der Waals surface area contributed by atoms with Crippen LogP contribution in [0.4, 0.5) is 5.69 Å². The lowest BCUT2D eigenvalue weighted by atomic mass is 10.3. The summed E-state index contributed by atoms with van der Waals surface area (Å²) in [5, 5.41) is 2.82. The van der Waals surface area contributed by atoms with E-state index in [1.54, 1.807) is 23.9 Å². The highest BCUT2D eigenvalue weighted by Crippen LogP contribution is 2.18. The van der Waals surface area contributed by atoms with E-state index in [4.69, 9.17) is 0 Å². The first-order valence-electron chi connectivity index (χ1n) is 5.39. The summed E-state index contributed by atoms with van der Waals surface area (Å²) in [6, 6.07) is 7.42. The molecule has 6 heteroatoms. The van der Waals surface area contributed by atoms with Gasteiger partial charge in [-0.1, -0.05) is 0 Å². The maximum atomic E-state index is 11.5. The Morgan fingerprint density at radius 1 is 1.16 bits per heavy atom. The molecule has 0 aliphatic carbocycles. The predicted molar refractivity (Wildman–Crippen MR) is 74.0 cm³/mol. The predicted octanol–water partition coefficient (Wildman–Crippen LogP) is 2.05. The second-order valence-electron chi connectivity index (χ2n) is 3.43. The lowest BCUT2D eigenvalue weighted by Gasteiger charge is -2.09. The van der Waals surface area contributed by atoms with Gasteiger partial charge in [0.1, 0.15) is 5.70 Å². The molecule has 0 saturated heterocycles. The number of nitrogens with one attached hydrogen (secondary N) is 1. The van der Waals surface area contributed by atoms with E-state index in [-0.39, 0.29) is 5.70 Å². The molecule has 0 aliphatic rings. The Morgan fingerprint density at radius 2 is 1.79 bits per heavy atom.